The Morgan fingerprint density at radius 1 is 1.07 bits per heavy atom. The zero-order chi connectivity index (χ0) is 9.38. The van der Waals surface area contributed by atoms with Gasteiger partial charge in [-0.1, -0.05) is 24.3 Å². The van der Waals surface area contributed by atoms with Gasteiger partial charge in [-0.15, -0.1) is 0 Å². The van der Waals surface area contributed by atoms with Crippen molar-refractivity contribution in [3.8, 4) is 0 Å². The highest BCUT2D eigenvalue weighted by Crippen LogP contribution is 2.20. The van der Waals surface area contributed by atoms with Crippen molar-refractivity contribution in [2.24, 2.45) is 0 Å². The Hall–Kier alpha value is -1.96. The lowest BCUT2D eigenvalue weighted by Crippen LogP contribution is -1.84. The lowest BCUT2D eigenvalue weighted by Gasteiger charge is -2.00. The monoisotopic (exact) mass is 179 g/mol. The molecule has 0 amide bonds. The van der Waals surface area contributed by atoms with Gasteiger partial charge in [-0.2, -0.15) is 0 Å². The van der Waals surface area contributed by atoms with E-state index in [0.717, 1.165) is 21.8 Å². The summed E-state index contributed by atoms with van der Waals surface area (Å²) in [5.41, 5.74) is 0.756. The van der Waals surface area contributed by atoms with E-state index in [4.69, 9.17) is 0 Å². The largest absolute Gasteiger partial charge is 0.237 e. The van der Waals surface area contributed by atoms with E-state index in [9.17, 15) is 0 Å². The number of rotatable bonds is 0. The molecule has 0 aliphatic carbocycles. The van der Waals surface area contributed by atoms with Crippen molar-refractivity contribution < 1.29 is 0 Å². The van der Waals surface area contributed by atoms with Crippen LogP contribution in [0.25, 0.3) is 21.8 Å². The fourth-order valence-corrected chi connectivity index (χ4v) is 1.62. The molecule has 2 heterocycles. The first-order valence-electron chi connectivity index (χ1n) is 4.45. The fraction of sp³-hybridized carbons (Fsp3) is 0. The molecule has 2 heteroatoms. The summed E-state index contributed by atoms with van der Waals surface area (Å²) >= 11 is 0. The lowest BCUT2D eigenvalue weighted by atomic mass is 10.1. The van der Waals surface area contributed by atoms with Gasteiger partial charge in [-0.3, -0.25) is 0 Å². The van der Waals surface area contributed by atoms with Gasteiger partial charge in [0.2, 0.25) is 0 Å². The molecule has 0 aliphatic heterocycles. The Kier molecular flexibility index (Phi) is 1.47. The van der Waals surface area contributed by atoms with Gasteiger partial charge in [0.15, 0.2) is 5.65 Å². The molecule has 0 fully saturated rings. The van der Waals surface area contributed by atoms with Crippen LogP contribution < -0.4 is 0 Å². The molecule has 2 nitrogen and oxygen atoms in total. The molecule has 3 rings (SSSR count). The van der Waals surface area contributed by atoms with Crippen molar-refractivity contribution in [3.05, 3.63) is 48.8 Å². The zero-order valence-corrected chi connectivity index (χ0v) is 7.44. The van der Waals surface area contributed by atoms with Gasteiger partial charge in [0.05, 0.1) is 0 Å². The Morgan fingerprint density at radius 2 is 2.00 bits per heavy atom. The van der Waals surface area contributed by atoms with Crippen molar-refractivity contribution in [1.82, 2.24) is 9.97 Å². The zero-order valence-electron chi connectivity index (χ0n) is 7.44. The summed E-state index contributed by atoms with van der Waals surface area (Å²) in [6, 6.07) is 13.1. The van der Waals surface area contributed by atoms with Gasteiger partial charge in [-0.25, -0.2) is 9.97 Å². The maximum Gasteiger partial charge on any atom is 0.160 e. The van der Waals surface area contributed by atoms with Crippen LogP contribution in [0, 0.1) is 6.07 Å². The first-order chi connectivity index (χ1) is 6.95. The first-order valence-corrected chi connectivity index (χ1v) is 4.45. The maximum absolute atomic E-state index is 4.27. The van der Waals surface area contributed by atoms with Gasteiger partial charge < -0.3 is 0 Å². The van der Waals surface area contributed by atoms with E-state index < -0.39 is 0 Å². The van der Waals surface area contributed by atoms with E-state index in [1.54, 1.807) is 6.20 Å². The van der Waals surface area contributed by atoms with Crippen LogP contribution in [0.5, 0.6) is 0 Å². The number of hydrogen-bond acceptors (Lipinski definition) is 2. The molecule has 2 aromatic heterocycles. The van der Waals surface area contributed by atoms with Gasteiger partial charge in [0.25, 0.3) is 0 Å². The summed E-state index contributed by atoms with van der Waals surface area (Å²) in [7, 11) is 0. The van der Waals surface area contributed by atoms with Gasteiger partial charge in [0, 0.05) is 23.2 Å². The van der Waals surface area contributed by atoms with Crippen LogP contribution >= 0.6 is 0 Å². The Morgan fingerprint density at radius 3 is 3.00 bits per heavy atom. The lowest BCUT2D eigenvalue weighted by molar-refractivity contribution is 1.30. The van der Waals surface area contributed by atoms with Crippen LogP contribution in [-0.2, 0) is 0 Å². The predicted octanol–water partition coefficient (Wildman–Crippen LogP) is 2.58. The molecule has 0 atom stereocenters. The highest BCUT2D eigenvalue weighted by Gasteiger charge is 2.00. The highest BCUT2D eigenvalue weighted by molar-refractivity contribution is 6.03. The third-order valence-corrected chi connectivity index (χ3v) is 2.28. The SMILES string of the molecule is [c]1ccnc2ncc3ccccc3c12. The molecule has 0 bridgehead atoms. The molecule has 0 spiro atoms. The van der Waals surface area contributed by atoms with Crippen LogP contribution in [0.15, 0.2) is 42.7 Å². The molecule has 0 aliphatic rings. The van der Waals surface area contributed by atoms with Crippen LogP contribution in [-0.4, -0.2) is 9.97 Å². The summed E-state index contributed by atoms with van der Waals surface area (Å²) in [6.07, 6.45) is 3.56. The number of benzene rings is 1. The van der Waals surface area contributed by atoms with Crippen LogP contribution in [0.3, 0.4) is 0 Å². The quantitative estimate of drug-likeness (QED) is 0.496. The van der Waals surface area contributed by atoms with E-state index in [2.05, 4.69) is 22.1 Å². The summed E-state index contributed by atoms with van der Waals surface area (Å²) in [6.45, 7) is 0. The van der Waals surface area contributed by atoms with E-state index in [-0.39, 0.29) is 0 Å². The summed E-state index contributed by atoms with van der Waals surface area (Å²) in [5, 5.41) is 3.28. The Bertz CT molecular complexity index is 547. The Balaban J connectivity index is 2.61. The number of nitrogens with zero attached hydrogens (tertiary/aromatic N) is 2. The minimum Gasteiger partial charge on any atom is -0.237 e. The van der Waals surface area contributed by atoms with E-state index >= 15 is 0 Å². The smallest absolute Gasteiger partial charge is 0.160 e. The molecular weight excluding hydrogens is 172 g/mol. The average molecular weight is 179 g/mol. The number of aromatic nitrogens is 2. The standard InChI is InChI=1S/C12H7N2/c1-2-5-10-9(4-1)8-14-12-11(10)6-3-7-13-12/h1-5,7-8H. The molecule has 3 aromatic rings. The third-order valence-electron chi connectivity index (χ3n) is 2.28. The van der Waals surface area contributed by atoms with E-state index in [0.29, 0.717) is 0 Å². The van der Waals surface area contributed by atoms with E-state index in [1.165, 1.54) is 0 Å². The number of hydrogen-bond donors (Lipinski definition) is 0. The van der Waals surface area contributed by atoms with Crippen LogP contribution in [0.4, 0.5) is 0 Å². The van der Waals surface area contributed by atoms with Crippen molar-refractivity contribution in [3.63, 3.8) is 0 Å². The third kappa shape index (κ3) is 0.973. The second kappa shape index (κ2) is 2.77. The second-order valence-corrected chi connectivity index (χ2v) is 3.13. The summed E-state index contributed by atoms with van der Waals surface area (Å²) in [5.74, 6) is 0. The summed E-state index contributed by atoms with van der Waals surface area (Å²) in [4.78, 5) is 8.46. The minimum atomic E-state index is 0.756. The van der Waals surface area contributed by atoms with Gasteiger partial charge in [0.1, 0.15) is 0 Å². The normalized spacial score (nSPS) is 10.9. The van der Waals surface area contributed by atoms with Crippen molar-refractivity contribution in [1.29, 1.82) is 0 Å². The number of pyridine rings is 2. The molecule has 0 saturated carbocycles. The summed E-state index contributed by atoms with van der Waals surface area (Å²) < 4.78 is 0. The molecule has 0 unspecified atom stereocenters. The van der Waals surface area contributed by atoms with Crippen LogP contribution in [0.1, 0.15) is 0 Å². The molecule has 1 radical (unpaired) electrons. The molecule has 1 aromatic carbocycles. The maximum atomic E-state index is 4.27. The van der Waals surface area contributed by atoms with E-state index in [1.807, 2.05) is 30.5 Å². The molecule has 14 heavy (non-hydrogen) atoms. The highest BCUT2D eigenvalue weighted by atomic mass is 14.8. The minimum absolute atomic E-state index is 0.756. The molecule has 65 valence electrons. The predicted molar refractivity (Wildman–Crippen MR) is 55.9 cm³/mol. The van der Waals surface area contributed by atoms with Crippen molar-refractivity contribution in [2.45, 2.75) is 0 Å². The molecule has 0 N–H and O–H groups in total. The Labute approximate surface area is 81.2 Å². The topological polar surface area (TPSA) is 25.8 Å². The average Bonchev–Trinajstić information content (AvgIpc) is 2.29. The van der Waals surface area contributed by atoms with Gasteiger partial charge in [-0.05, 0) is 17.5 Å². The molecular formula is C12H7N2. The number of fused-ring (bicyclic) bond motifs is 3. The van der Waals surface area contributed by atoms with Crippen LogP contribution in [0.2, 0.25) is 0 Å². The second-order valence-electron chi connectivity index (χ2n) is 3.13. The van der Waals surface area contributed by atoms with Gasteiger partial charge >= 0.3 is 0 Å². The first kappa shape index (κ1) is 7.44. The molecule has 0 saturated heterocycles. The van der Waals surface area contributed by atoms with Crippen molar-refractivity contribution in [2.75, 3.05) is 0 Å². The fourth-order valence-electron chi connectivity index (χ4n) is 1.62. The van der Waals surface area contributed by atoms with Crippen molar-refractivity contribution >= 4 is 21.8 Å².